The quantitative estimate of drug-likeness (QED) is 0.0569. The van der Waals surface area contributed by atoms with E-state index in [1.807, 2.05) is 12.2 Å². The van der Waals surface area contributed by atoms with E-state index in [1.54, 1.807) is 0 Å². The highest BCUT2D eigenvalue weighted by molar-refractivity contribution is 5.05. The monoisotopic (exact) mass is 708 g/mol. The Morgan fingerprint density at radius 1 is 0.476 bits per heavy atom. The molecule has 0 bridgehead atoms. The molecule has 0 unspecified atom stereocenters. The van der Waals surface area contributed by atoms with Gasteiger partial charge in [-0.25, -0.2) is 9.13 Å². The molecule has 0 aromatic carbocycles. The Balaban J connectivity index is 0.00000840. The summed E-state index contributed by atoms with van der Waals surface area (Å²) in [5.74, 6) is 0. The lowest BCUT2D eigenvalue weighted by molar-refractivity contribution is -0.697. The second kappa shape index (κ2) is 29.9. The molecule has 2 rings (SSSR count). The average molecular weight is 709 g/mol. The molecule has 2 aromatic heterocycles. The summed E-state index contributed by atoms with van der Waals surface area (Å²) in [5.41, 5.74) is 3.01. The maximum Gasteiger partial charge on any atom is 0.171 e. The van der Waals surface area contributed by atoms with Crippen molar-refractivity contribution in [3.05, 3.63) is 85.5 Å². The Morgan fingerprint density at radius 2 is 0.810 bits per heavy atom. The van der Waals surface area contributed by atoms with E-state index in [4.69, 9.17) is 0 Å². The van der Waals surface area contributed by atoms with E-state index in [1.165, 1.54) is 153 Å². The summed E-state index contributed by atoms with van der Waals surface area (Å²) in [6, 6.07) is 9.08. The first-order valence-electron chi connectivity index (χ1n) is 17.0. The molecule has 238 valence electrons. The van der Waals surface area contributed by atoms with Gasteiger partial charge in [-0.3, -0.25) is 0 Å². The minimum atomic E-state index is 0. The van der Waals surface area contributed by atoms with Gasteiger partial charge in [0.25, 0.3) is 0 Å². The molecule has 2 aromatic rings. The Labute approximate surface area is 283 Å². The first-order valence-corrected chi connectivity index (χ1v) is 17.0. The molecule has 0 aliphatic carbocycles. The summed E-state index contributed by atoms with van der Waals surface area (Å²) in [7, 11) is 0. The van der Waals surface area contributed by atoms with Crippen LogP contribution in [0.3, 0.4) is 0 Å². The summed E-state index contributed by atoms with van der Waals surface area (Å²) in [4.78, 5) is 0. The molecule has 42 heavy (non-hydrogen) atoms. The van der Waals surface area contributed by atoms with Crippen molar-refractivity contribution in [2.45, 2.75) is 154 Å². The number of aromatic nitrogens is 2. The van der Waals surface area contributed by atoms with Crippen molar-refractivity contribution in [1.29, 1.82) is 0 Å². The zero-order valence-electron chi connectivity index (χ0n) is 26.8. The number of pyridine rings is 2. The van der Waals surface area contributed by atoms with Gasteiger partial charge in [-0.15, -0.1) is 13.2 Å². The van der Waals surface area contributed by atoms with Crippen molar-refractivity contribution < 1.29 is 45.5 Å². The van der Waals surface area contributed by atoms with Gasteiger partial charge < -0.3 is 36.4 Å². The van der Waals surface area contributed by atoms with Crippen LogP contribution in [0.1, 0.15) is 140 Å². The molecule has 0 aliphatic heterocycles. The van der Waals surface area contributed by atoms with Crippen LogP contribution in [-0.4, -0.2) is 0 Å². The van der Waals surface area contributed by atoms with Crippen molar-refractivity contribution in [2.75, 3.05) is 0 Å². The van der Waals surface area contributed by atoms with Crippen LogP contribution in [0.25, 0.3) is 0 Å². The molecule has 2 nitrogen and oxygen atoms in total. The highest BCUT2D eigenvalue weighted by Crippen LogP contribution is 2.13. The van der Waals surface area contributed by atoms with Gasteiger partial charge in [-0.1, -0.05) is 76.4 Å². The molecular formula is C38H62ClIN2. The van der Waals surface area contributed by atoms with E-state index in [-0.39, 0.29) is 36.4 Å². The normalized spacial score (nSPS) is 10.6. The number of allylic oxidation sites excluding steroid dienone is 2. The maximum absolute atomic E-state index is 3.81. The Hall–Kier alpha value is -1.20. The minimum absolute atomic E-state index is 0. The third-order valence-electron chi connectivity index (χ3n) is 8.17. The minimum Gasteiger partial charge on any atom is -1.00 e. The van der Waals surface area contributed by atoms with Crippen LogP contribution in [-0.2, 0) is 25.9 Å². The van der Waals surface area contributed by atoms with Crippen LogP contribution in [0.5, 0.6) is 0 Å². The lowest BCUT2D eigenvalue weighted by atomic mass is 10.0. The van der Waals surface area contributed by atoms with Gasteiger partial charge in [-0.05, 0) is 76.3 Å². The van der Waals surface area contributed by atoms with E-state index in [2.05, 4.69) is 71.3 Å². The van der Waals surface area contributed by atoms with Crippen molar-refractivity contribution in [1.82, 2.24) is 0 Å². The summed E-state index contributed by atoms with van der Waals surface area (Å²) in [6.07, 6.45) is 42.5. The van der Waals surface area contributed by atoms with E-state index in [9.17, 15) is 0 Å². The average Bonchev–Trinajstić information content (AvgIpc) is 2.98. The highest BCUT2D eigenvalue weighted by atomic mass is 127. The summed E-state index contributed by atoms with van der Waals surface area (Å²) in [5, 5.41) is 0. The Morgan fingerprint density at radius 3 is 1.19 bits per heavy atom. The molecular weight excluding hydrogens is 647 g/mol. The van der Waals surface area contributed by atoms with Crippen molar-refractivity contribution >= 4 is 0 Å². The molecule has 4 heteroatoms. The summed E-state index contributed by atoms with van der Waals surface area (Å²) >= 11 is 0. The fourth-order valence-corrected chi connectivity index (χ4v) is 5.67. The molecule has 0 atom stereocenters. The van der Waals surface area contributed by atoms with E-state index < -0.39 is 0 Å². The number of rotatable bonds is 27. The van der Waals surface area contributed by atoms with Crippen LogP contribution in [0.15, 0.2) is 74.4 Å². The Bertz CT molecular complexity index is 827. The lowest BCUT2D eigenvalue weighted by Gasteiger charge is -2.04. The van der Waals surface area contributed by atoms with Crippen LogP contribution < -0.4 is 45.5 Å². The highest BCUT2D eigenvalue weighted by Gasteiger charge is 2.05. The fraction of sp³-hybridized carbons (Fsp3) is 0.632. The first kappa shape index (κ1) is 40.8. The molecule has 0 amide bonds. The second-order valence-electron chi connectivity index (χ2n) is 11.9. The molecule has 0 fully saturated rings. The van der Waals surface area contributed by atoms with Gasteiger partial charge >= 0.3 is 0 Å². The standard InChI is InChI=1S/C38H62N2.ClH.HI/c1-3-5-7-9-17-21-27-37-29-25-34-40(35-37)32-24-20-16-14-12-11-13-15-18-22-28-38-30-26-33-39(36-38)31-23-19-10-8-6-4-2;;/h3-4,25-26,29-30,33-36H,1-2,5-24,27-28,31-32H2;2*1H/q+2;;/p-2. The molecule has 0 aliphatic rings. The van der Waals surface area contributed by atoms with E-state index in [0.29, 0.717) is 0 Å². The van der Waals surface area contributed by atoms with Crippen molar-refractivity contribution in [2.24, 2.45) is 0 Å². The summed E-state index contributed by atoms with van der Waals surface area (Å²) < 4.78 is 4.81. The van der Waals surface area contributed by atoms with Crippen molar-refractivity contribution in [3.63, 3.8) is 0 Å². The van der Waals surface area contributed by atoms with Gasteiger partial charge in [0.15, 0.2) is 24.8 Å². The van der Waals surface area contributed by atoms with Crippen molar-refractivity contribution in [3.8, 4) is 0 Å². The number of nitrogens with zero attached hydrogens (tertiary/aromatic N) is 2. The van der Waals surface area contributed by atoms with Crippen LogP contribution in [0, 0.1) is 0 Å². The first-order chi connectivity index (χ1) is 19.8. The number of halogens is 2. The largest absolute Gasteiger partial charge is 1.00 e. The molecule has 0 saturated heterocycles. The predicted octanol–water partition coefficient (Wildman–Crippen LogP) is 4.23. The Kier molecular flexibility index (Phi) is 29.0. The van der Waals surface area contributed by atoms with Crippen LogP contribution >= 0.6 is 0 Å². The summed E-state index contributed by atoms with van der Waals surface area (Å²) in [6.45, 7) is 9.96. The molecule has 0 spiro atoms. The number of unbranched alkanes of at least 4 members (excludes halogenated alkanes) is 17. The third kappa shape index (κ3) is 22.4. The van der Waals surface area contributed by atoms with Gasteiger partial charge in [0.1, 0.15) is 13.1 Å². The number of aryl methyl sites for hydroxylation is 4. The van der Waals surface area contributed by atoms with Gasteiger partial charge in [0.2, 0.25) is 0 Å². The van der Waals surface area contributed by atoms with Gasteiger partial charge in [0.05, 0.1) is 0 Å². The van der Waals surface area contributed by atoms with Gasteiger partial charge in [-0.2, -0.15) is 0 Å². The SMILES string of the molecule is C=CCCCCCCc1ccc[n+](CCCCCCCCCCCCc2ccc[n+](CCCCCCC=C)c2)c1.[Cl-].[I-]. The molecule has 0 saturated carbocycles. The van der Waals surface area contributed by atoms with E-state index >= 15 is 0 Å². The lowest BCUT2D eigenvalue weighted by Crippen LogP contribution is -3.00. The van der Waals surface area contributed by atoms with Crippen LogP contribution in [0.4, 0.5) is 0 Å². The molecule has 0 N–H and O–H groups in total. The van der Waals surface area contributed by atoms with E-state index in [0.717, 1.165) is 13.0 Å². The third-order valence-corrected chi connectivity index (χ3v) is 8.17. The van der Waals surface area contributed by atoms with Crippen LogP contribution in [0.2, 0.25) is 0 Å². The maximum atomic E-state index is 3.81. The fourth-order valence-electron chi connectivity index (χ4n) is 5.67. The predicted molar refractivity (Wildman–Crippen MR) is 173 cm³/mol. The van der Waals surface area contributed by atoms with Gasteiger partial charge in [0, 0.05) is 36.1 Å². The molecule has 2 heterocycles. The number of hydrogen-bond acceptors (Lipinski definition) is 0. The smallest absolute Gasteiger partial charge is 0.171 e. The number of hydrogen-bond donors (Lipinski definition) is 0. The zero-order chi connectivity index (χ0) is 28.4. The molecule has 0 radical (unpaired) electrons. The topological polar surface area (TPSA) is 7.76 Å². The zero-order valence-corrected chi connectivity index (χ0v) is 29.7. The second-order valence-corrected chi connectivity index (χ2v) is 11.9.